The zero-order valence-electron chi connectivity index (χ0n) is 19.6. The molecule has 1 N–H and O–H groups in total. The summed E-state index contributed by atoms with van der Waals surface area (Å²) in [6.07, 6.45) is 3.02. The normalized spacial score (nSPS) is 15.6. The topological polar surface area (TPSA) is 83.4 Å². The number of thioether (sulfide) groups is 1. The second-order valence-corrected chi connectivity index (χ2v) is 11.7. The van der Waals surface area contributed by atoms with E-state index in [1.165, 1.54) is 34.1 Å². The van der Waals surface area contributed by atoms with Gasteiger partial charge in [-0.2, -0.15) is 0 Å². The van der Waals surface area contributed by atoms with Crippen molar-refractivity contribution in [3.8, 4) is 0 Å². The summed E-state index contributed by atoms with van der Waals surface area (Å²) in [5.74, 6) is -1.19. The minimum atomic E-state index is -0.873. The smallest absolute Gasteiger partial charge is 0.296 e. The van der Waals surface area contributed by atoms with Crippen molar-refractivity contribution < 1.29 is 14.7 Å². The Morgan fingerprint density at radius 2 is 1.84 bits per heavy atom. The highest BCUT2D eigenvalue weighted by molar-refractivity contribution is 9.10. The third-order valence-electron chi connectivity index (χ3n) is 5.78. The molecule has 0 saturated carbocycles. The van der Waals surface area contributed by atoms with E-state index >= 15 is 0 Å². The molecule has 5 rings (SSSR count). The van der Waals surface area contributed by atoms with Crippen LogP contribution in [-0.4, -0.2) is 27.0 Å². The summed E-state index contributed by atoms with van der Waals surface area (Å²) >= 11 is 12.4. The number of hydrogen-bond donors (Lipinski definition) is 1. The van der Waals surface area contributed by atoms with Crippen LogP contribution in [0.1, 0.15) is 22.7 Å². The largest absolute Gasteiger partial charge is 0.503 e. The van der Waals surface area contributed by atoms with Gasteiger partial charge in [-0.25, -0.2) is 0 Å². The predicted octanol–water partition coefficient (Wildman–Crippen LogP) is 7.43. The van der Waals surface area contributed by atoms with Gasteiger partial charge in [-0.3, -0.25) is 14.5 Å². The van der Waals surface area contributed by atoms with Crippen molar-refractivity contribution >= 4 is 73.5 Å². The van der Waals surface area contributed by atoms with Crippen LogP contribution < -0.4 is 4.90 Å². The first-order valence-corrected chi connectivity index (χ1v) is 14.4. The lowest BCUT2D eigenvalue weighted by atomic mass is 9.96. The molecule has 10 heteroatoms. The van der Waals surface area contributed by atoms with Gasteiger partial charge in [-0.1, -0.05) is 117 Å². The van der Waals surface area contributed by atoms with Gasteiger partial charge < -0.3 is 5.11 Å². The maximum Gasteiger partial charge on any atom is 0.296 e. The fourth-order valence-corrected chi connectivity index (χ4v) is 6.56. The Morgan fingerprint density at radius 1 is 1.08 bits per heavy atom. The SMILES string of the molecule is O=C(/C=C/c1ccccc1)C1=C(O)C(=O)N(c2nnc(SCc3ccccc3Cl)s2)C1c1cccc(Br)c1. The summed E-state index contributed by atoms with van der Waals surface area (Å²) in [6.45, 7) is 0. The number of hydrogen-bond acceptors (Lipinski definition) is 7. The molecule has 0 bridgehead atoms. The molecular formula is C28H19BrClN3O3S2. The Balaban J connectivity index is 1.47. The monoisotopic (exact) mass is 623 g/mol. The Hall–Kier alpha value is -3.24. The molecule has 6 nitrogen and oxygen atoms in total. The van der Waals surface area contributed by atoms with Gasteiger partial charge in [0.1, 0.15) is 0 Å². The highest BCUT2D eigenvalue weighted by Crippen LogP contribution is 2.43. The summed E-state index contributed by atoms with van der Waals surface area (Å²) in [7, 11) is 0. The van der Waals surface area contributed by atoms with E-state index in [4.69, 9.17) is 11.6 Å². The number of nitrogens with zero attached hydrogens (tertiary/aromatic N) is 3. The second-order valence-electron chi connectivity index (χ2n) is 8.23. The van der Waals surface area contributed by atoms with Gasteiger partial charge in [0.2, 0.25) is 5.13 Å². The van der Waals surface area contributed by atoms with E-state index in [-0.39, 0.29) is 10.7 Å². The number of rotatable bonds is 8. The van der Waals surface area contributed by atoms with Crippen LogP contribution in [0.4, 0.5) is 5.13 Å². The number of carbonyl (C=O) groups excluding carboxylic acids is 2. The summed E-state index contributed by atoms with van der Waals surface area (Å²) in [6, 6.07) is 23.3. The van der Waals surface area contributed by atoms with E-state index in [1.807, 2.05) is 72.8 Å². The lowest BCUT2D eigenvalue weighted by Crippen LogP contribution is -2.30. The Kier molecular flexibility index (Phi) is 8.09. The van der Waals surface area contributed by atoms with E-state index in [2.05, 4.69) is 26.1 Å². The lowest BCUT2D eigenvalue weighted by Gasteiger charge is -2.23. The molecule has 4 aromatic rings. The standard InChI is InChI=1S/C28H19BrClN3O3S2/c29-20-11-6-10-18(15-20)24-23(22(34)14-13-17-7-2-1-3-8-17)25(35)26(36)33(24)27-31-32-28(38-27)37-16-19-9-4-5-12-21(19)30/h1-15,24,35H,16H2/b14-13+. The molecule has 3 aromatic carbocycles. The van der Waals surface area contributed by atoms with Crippen LogP contribution in [-0.2, 0) is 15.3 Å². The van der Waals surface area contributed by atoms with Gasteiger partial charge in [0.15, 0.2) is 15.9 Å². The van der Waals surface area contributed by atoms with Gasteiger partial charge in [0, 0.05) is 15.2 Å². The number of carbonyl (C=O) groups is 2. The average molecular weight is 625 g/mol. The van der Waals surface area contributed by atoms with Crippen molar-refractivity contribution in [2.75, 3.05) is 4.90 Å². The number of allylic oxidation sites excluding steroid dienone is 1. The van der Waals surface area contributed by atoms with Crippen molar-refractivity contribution in [3.63, 3.8) is 0 Å². The molecule has 1 aromatic heterocycles. The average Bonchev–Trinajstić information content (AvgIpc) is 3.49. The van der Waals surface area contributed by atoms with E-state index < -0.39 is 23.5 Å². The van der Waals surface area contributed by atoms with E-state index in [9.17, 15) is 14.7 Å². The van der Waals surface area contributed by atoms with Crippen LogP contribution in [0.2, 0.25) is 5.02 Å². The van der Waals surface area contributed by atoms with Crippen LogP contribution >= 0.6 is 50.6 Å². The number of anilines is 1. The summed E-state index contributed by atoms with van der Waals surface area (Å²) in [4.78, 5) is 28.0. The number of ketones is 1. The molecule has 190 valence electrons. The fraction of sp³-hybridized carbons (Fsp3) is 0.0714. The second kappa shape index (κ2) is 11.7. The van der Waals surface area contributed by atoms with Crippen molar-refractivity contribution in [2.24, 2.45) is 0 Å². The summed E-state index contributed by atoms with van der Waals surface area (Å²) in [5.41, 5.74) is 2.41. The molecule has 38 heavy (non-hydrogen) atoms. The molecule has 1 unspecified atom stereocenters. The molecule has 1 aliphatic heterocycles. The maximum absolute atomic E-state index is 13.4. The Bertz CT molecular complexity index is 1570. The lowest BCUT2D eigenvalue weighted by molar-refractivity contribution is -0.117. The van der Waals surface area contributed by atoms with Gasteiger partial charge in [-0.15, -0.1) is 10.2 Å². The zero-order chi connectivity index (χ0) is 26.6. The molecule has 0 fully saturated rings. The van der Waals surface area contributed by atoms with Gasteiger partial charge in [0.05, 0.1) is 11.6 Å². The third-order valence-corrected chi connectivity index (χ3v) is 8.74. The van der Waals surface area contributed by atoms with Crippen LogP contribution in [0.3, 0.4) is 0 Å². The highest BCUT2D eigenvalue weighted by atomic mass is 79.9. The van der Waals surface area contributed by atoms with Crippen LogP contribution in [0.25, 0.3) is 6.08 Å². The van der Waals surface area contributed by atoms with E-state index in [0.717, 1.165) is 15.6 Å². The van der Waals surface area contributed by atoms with Crippen LogP contribution in [0.15, 0.2) is 105 Å². The number of halogens is 2. The number of amides is 1. The molecule has 0 radical (unpaired) electrons. The first-order valence-electron chi connectivity index (χ1n) is 11.4. The minimum absolute atomic E-state index is 0.0132. The van der Waals surface area contributed by atoms with Crippen LogP contribution in [0, 0.1) is 0 Å². The third kappa shape index (κ3) is 5.61. The van der Waals surface area contributed by atoms with Crippen molar-refractivity contribution in [2.45, 2.75) is 16.1 Å². The first-order chi connectivity index (χ1) is 18.4. The van der Waals surface area contributed by atoms with Crippen molar-refractivity contribution in [1.82, 2.24) is 10.2 Å². The summed E-state index contributed by atoms with van der Waals surface area (Å²) < 4.78 is 1.40. The predicted molar refractivity (Wildman–Crippen MR) is 155 cm³/mol. The fourth-order valence-electron chi connectivity index (χ4n) is 3.99. The highest BCUT2D eigenvalue weighted by Gasteiger charge is 2.45. The van der Waals surface area contributed by atoms with Gasteiger partial charge in [0.25, 0.3) is 5.91 Å². The first kappa shape index (κ1) is 26.4. The summed E-state index contributed by atoms with van der Waals surface area (Å²) in [5, 5.41) is 20.3. The number of aliphatic hydroxyl groups excluding tert-OH is 1. The molecule has 0 spiro atoms. The molecular weight excluding hydrogens is 606 g/mol. The molecule has 0 saturated heterocycles. The Labute approximate surface area is 240 Å². The molecule has 0 aliphatic carbocycles. The minimum Gasteiger partial charge on any atom is -0.503 e. The molecule has 1 atom stereocenters. The van der Waals surface area contributed by atoms with Gasteiger partial charge in [-0.05, 0) is 41.0 Å². The number of benzene rings is 3. The molecule has 2 heterocycles. The molecule has 1 amide bonds. The van der Waals surface area contributed by atoms with E-state index in [1.54, 1.807) is 12.1 Å². The van der Waals surface area contributed by atoms with Crippen LogP contribution in [0.5, 0.6) is 0 Å². The number of aliphatic hydroxyl groups is 1. The molecule has 1 aliphatic rings. The zero-order valence-corrected chi connectivity index (χ0v) is 23.6. The quantitative estimate of drug-likeness (QED) is 0.125. The Morgan fingerprint density at radius 3 is 2.61 bits per heavy atom. The number of aromatic nitrogens is 2. The van der Waals surface area contributed by atoms with Gasteiger partial charge >= 0.3 is 0 Å². The maximum atomic E-state index is 13.4. The van der Waals surface area contributed by atoms with Crippen molar-refractivity contribution in [1.29, 1.82) is 0 Å². The van der Waals surface area contributed by atoms with Crippen molar-refractivity contribution in [3.05, 3.63) is 122 Å². The van der Waals surface area contributed by atoms with E-state index in [0.29, 0.717) is 20.7 Å².